The highest BCUT2D eigenvalue weighted by atomic mass is 79.9. The predicted octanol–water partition coefficient (Wildman–Crippen LogP) is 1.73. The molecule has 0 aliphatic heterocycles. The van der Waals surface area contributed by atoms with Crippen LogP contribution in [-0.2, 0) is 4.79 Å². The number of carbonyl (C=O) groups excluding carboxylic acids is 1. The lowest BCUT2D eigenvalue weighted by Crippen LogP contribution is -2.32. The Balaban J connectivity index is 2.43. The summed E-state index contributed by atoms with van der Waals surface area (Å²) in [4.78, 5) is 17.2. The van der Waals surface area contributed by atoms with E-state index >= 15 is 0 Å². The summed E-state index contributed by atoms with van der Waals surface area (Å²) >= 11 is 3.29. The Labute approximate surface area is 97.8 Å². The fourth-order valence-electron chi connectivity index (χ4n) is 0.958. The molecule has 0 spiro atoms. The number of pyridine rings is 1. The van der Waals surface area contributed by atoms with Crippen LogP contribution in [0.4, 0.5) is 5.82 Å². The van der Waals surface area contributed by atoms with E-state index in [4.69, 9.17) is 0 Å². The molecule has 4 nitrogen and oxygen atoms in total. The zero-order valence-corrected chi connectivity index (χ0v) is 10.4. The van der Waals surface area contributed by atoms with E-state index in [9.17, 15) is 4.79 Å². The molecule has 15 heavy (non-hydrogen) atoms. The quantitative estimate of drug-likeness (QED) is 0.908. The first kappa shape index (κ1) is 12.0. The molecule has 82 valence electrons. The topological polar surface area (TPSA) is 45.2 Å². The number of nitrogens with zero attached hydrogens (tertiary/aromatic N) is 2. The first-order chi connectivity index (χ1) is 7.13. The van der Waals surface area contributed by atoms with Crippen LogP contribution in [0.5, 0.6) is 0 Å². The molecule has 0 bridgehead atoms. The van der Waals surface area contributed by atoms with E-state index in [0.717, 1.165) is 4.47 Å². The second kappa shape index (κ2) is 5.70. The van der Waals surface area contributed by atoms with Crippen LogP contribution in [0.15, 0.2) is 22.8 Å². The average Bonchev–Trinajstić information content (AvgIpc) is 2.26. The third-order valence-electron chi connectivity index (χ3n) is 2.05. The van der Waals surface area contributed by atoms with Crippen LogP contribution in [0.2, 0.25) is 0 Å². The Hall–Kier alpha value is -1.10. The van der Waals surface area contributed by atoms with Crippen molar-refractivity contribution < 1.29 is 4.79 Å². The predicted molar refractivity (Wildman–Crippen MR) is 63.7 cm³/mol. The summed E-state index contributed by atoms with van der Waals surface area (Å²) in [6, 6.07) is 3.70. The second-order valence-corrected chi connectivity index (χ2v) is 4.04. The standard InChI is InChI=1S/C10H14BrN3O/c1-3-14(2)10(15)7-13-9-5-4-8(11)6-12-9/h4-6H,3,7H2,1-2H3,(H,12,13). The minimum atomic E-state index is 0.0576. The molecular weight excluding hydrogens is 258 g/mol. The summed E-state index contributed by atoms with van der Waals surface area (Å²) in [5.74, 6) is 0.762. The smallest absolute Gasteiger partial charge is 0.241 e. The van der Waals surface area contributed by atoms with E-state index in [1.807, 2.05) is 19.1 Å². The molecule has 0 atom stereocenters. The highest BCUT2D eigenvalue weighted by molar-refractivity contribution is 9.10. The molecule has 0 saturated carbocycles. The maximum absolute atomic E-state index is 11.4. The summed E-state index contributed by atoms with van der Waals surface area (Å²) in [6.45, 7) is 2.93. The van der Waals surface area contributed by atoms with Gasteiger partial charge in [-0.1, -0.05) is 0 Å². The molecule has 0 saturated heterocycles. The van der Waals surface area contributed by atoms with Crippen molar-refractivity contribution >= 4 is 27.7 Å². The molecule has 1 heterocycles. The maximum Gasteiger partial charge on any atom is 0.241 e. The van der Waals surface area contributed by atoms with Gasteiger partial charge in [0.25, 0.3) is 0 Å². The van der Waals surface area contributed by atoms with Gasteiger partial charge in [-0.3, -0.25) is 4.79 Å². The number of likely N-dealkylation sites (N-methyl/N-ethyl adjacent to an activating group) is 1. The molecule has 0 fully saturated rings. The molecule has 0 aliphatic carbocycles. The summed E-state index contributed by atoms with van der Waals surface area (Å²) in [7, 11) is 1.78. The van der Waals surface area contributed by atoms with Crippen LogP contribution in [0.25, 0.3) is 0 Å². The van der Waals surface area contributed by atoms with Crippen LogP contribution >= 0.6 is 15.9 Å². The lowest BCUT2D eigenvalue weighted by molar-refractivity contribution is -0.127. The number of hydrogen-bond donors (Lipinski definition) is 1. The monoisotopic (exact) mass is 271 g/mol. The van der Waals surface area contributed by atoms with E-state index < -0.39 is 0 Å². The Morgan fingerprint density at radius 1 is 1.60 bits per heavy atom. The first-order valence-corrected chi connectivity index (χ1v) is 5.52. The second-order valence-electron chi connectivity index (χ2n) is 3.12. The van der Waals surface area contributed by atoms with Gasteiger partial charge < -0.3 is 10.2 Å². The maximum atomic E-state index is 11.4. The highest BCUT2D eigenvalue weighted by Crippen LogP contribution is 2.09. The molecule has 1 aromatic heterocycles. The van der Waals surface area contributed by atoms with E-state index in [2.05, 4.69) is 26.2 Å². The molecule has 5 heteroatoms. The Kier molecular flexibility index (Phi) is 4.55. The van der Waals surface area contributed by atoms with Crippen LogP contribution in [0.1, 0.15) is 6.92 Å². The van der Waals surface area contributed by atoms with Crippen LogP contribution < -0.4 is 5.32 Å². The fourth-order valence-corrected chi connectivity index (χ4v) is 1.19. The molecule has 0 aromatic carbocycles. The first-order valence-electron chi connectivity index (χ1n) is 4.73. The Morgan fingerprint density at radius 3 is 2.87 bits per heavy atom. The molecule has 0 radical (unpaired) electrons. The van der Waals surface area contributed by atoms with Crippen molar-refractivity contribution in [3.8, 4) is 0 Å². The number of anilines is 1. The van der Waals surface area contributed by atoms with Crippen LogP contribution in [-0.4, -0.2) is 35.9 Å². The van der Waals surface area contributed by atoms with Gasteiger partial charge in [-0.2, -0.15) is 0 Å². The SMILES string of the molecule is CCN(C)C(=O)CNc1ccc(Br)cn1. The highest BCUT2D eigenvalue weighted by Gasteiger charge is 2.05. The van der Waals surface area contributed by atoms with Crippen LogP contribution in [0.3, 0.4) is 0 Å². The van der Waals surface area contributed by atoms with Gasteiger partial charge in [0, 0.05) is 24.3 Å². The summed E-state index contributed by atoms with van der Waals surface area (Å²) in [5.41, 5.74) is 0. The van der Waals surface area contributed by atoms with Gasteiger partial charge in [-0.25, -0.2) is 4.98 Å². The number of nitrogens with one attached hydrogen (secondary N) is 1. The number of amides is 1. The Bertz CT molecular complexity index is 326. The minimum Gasteiger partial charge on any atom is -0.361 e. The molecule has 1 N–H and O–H groups in total. The summed E-state index contributed by atoms with van der Waals surface area (Å²) in [5, 5.41) is 2.96. The van der Waals surface area contributed by atoms with Gasteiger partial charge in [-0.15, -0.1) is 0 Å². The fraction of sp³-hybridized carbons (Fsp3) is 0.400. The zero-order valence-electron chi connectivity index (χ0n) is 8.83. The molecule has 1 amide bonds. The molecular formula is C10H14BrN3O. The number of halogens is 1. The third-order valence-corrected chi connectivity index (χ3v) is 2.52. The number of carbonyl (C=O) groups is 1. The third kappa shape index (κ3) is 3.87. The normalized spacial score (nSPS) is 9.80. The van der Waals surface area contributed by atoms with Crippen molar-refractivity contribution in [2.75, 3.05) is 25.5 Å². The van der Waals surface area contributed by atoms with Crippen molar-refractivity contribution in [1.29, 1.82) is 0 Å². The van der Waals surface area contributed by atoms with Crippen molar-refractivity contribution in [2.45, 2.75) is 6.92 Å². The molecule has 1 aromatic rings. The van der Waals surface area contributed by atoms with E-state index in [0.29, 0.717) is 12.4 Å². The number of hydrogen-bond acceptors (Lipinski definition) is 3. The molecule has 0 aliphatic rings. The Morgan fingerprint density at radius 2 is 2.33 bits per heavy atom. The molecule has 0 unspecified atom stereocenters. The van der Waals surface area contributed by atoms with Gasteiger partial charge in [0.05, 0.1) is 6.54 Å². The van der Waals surface area contributed by atoms with Gasteiger partial charge in [0.2, 0.25) is 5.91 Å². The van der Waals surface area contributed by atoms with Gasteiger partial charge in [0.15, 0.2) is 0 Å². The van der Waals surface area contributed by atoms with Crippen LogP contribution in [0, 0.1) is 0 Å². The van der Waals surface area contributed by atoms with Gasteiger partial charge >= 0.3 is 0 Å². The zero-order chi connectivity index (χ0) is 11.3. The lowest BCUT2D eigenvalue weighted by Gasteiger charge is -2.14. The van der Waals surface area contributed by atoms with E-state index in [1.54, 1.807) is 18.1 Å². The number of rotatable bonds is 4. The minimum absolute atomic E-state index is 0.0576. The van der Waals surface area contributed by atoms with E-state index in [-0.39, 0.29) is 12.5 Å². The summed E-state index contributed by atoms with van der Waals surface area (Å²) < 4.78 is 0.921. The van der Waals surface area contributed by atoms with Gasteiger partial charge in [0.1, 0.15) is 5.82 Å². The van der Waals surface area contributed by atoms with Crippen molar-refractivity contribution in [1.82, 2.24) is 9.88 Å². The van der Waals surface area contributed by atoms with Crippen molar-refractivity contribution in [3.63, 3.8) is 0 Å². The average molecular weight is 272 g/mol. The van der Waals surface area contributed by atoms with E-state index in [1.165, 1.54) is 0 Å². The molecule has 1 rings (SSSR count). The lowest BCUT2D eigenvalue weighted by atomic mass is 10.4. The largest absolute Gasteiger partial charge is 0.361 e. The summed E-state index contributed by atoms with van der Waals surface area (Å²) in [6.07, 6.45) is 1.69. The van der Waals surface area contributed by atoms with Crippen molar-refractivity contribution in [3.05, 3.63) is 22.8 Å². The van der Waals surface area contributed by atoms with Gasteiger partial charge in [-0.05, 0) is 35.0 Å². The number of aromatic nitrogens is 1. The van der Waals surface area contributed by atoms with Crippen molar-refractivity contribution in [2.24, 2.45) is 0 Å².